The average Bonchev–Trinajstić information content (AvgIpc) is 3.36. The summed E-state index contributed by atoms with van der Waals surface area (Å²) in [7, 11) is 5.48. The summed E-state index contributed by atoms with van der Waals surface area (Å²) in [5, 5.41) is 19.6. The van der Waals surface area contributed by atoms with Gasteiger partial charge in [0.1, 0.15) is 41.1 Å². The van der Waals surface area contributed by atoms with E-state index in [1.54, 1.807) is 6.07 Å². The first-order valence-corrected chi connectivity index (χ1v) is 28.7. The Hall–Kier alpha value is -8.36. The minimum Gasteiger partial charge on any atom is -0.496 e. The molecule has 464 valence electrons. The summed E-state index contributed by atoms with van der Waals surface area (Å²) in [6.07, 6.45) is 8.99. The Labute approximate surface area is 496 Å². The third-order valence-corrected chi connectivity index (χ3v) is 13.9. The Kier molecular flexibility index (Phi) is 30.1. The molecule has 0 saturated heterocycles. The number of methoxy groups -OCH3 is 4. The Morgan fingerprint density at radius 1 is 0.365 bits per heavy atom. The van der Waals surface area contributed by atoms with Gasteiger partial charge >= 0.3 is 0 Å². The molecule has 0 spiro atoms. The number of benzene rings is 4. The zero-order valence-electron chi connectivity index (χ0n) is 49.2. The Balaban J connectivity index is 1.57. The number of rotatable bonds is 39. The standard InChI is InChI=1S/C60H87N13O12/c1-82-49-25-21-37(33-41(49)53(66)74)68-58(79)46(18-10-6-14-30-62)71-55(76)43-35-39(23-27-51(43)84-3)70-60(81)48(20-12-8-16-32-64)73-56(77)44-36-40(24-28-52(44)85-4)69-59(80)47(19-11-7-15-31-63)72-54(75)42-34-38(22-26-50(42)83-2)67-57(78)45(65)17-9-5-13-29-61/h21-28,33-36,45-48H,5-20,29-32,61-65H2,1-4H3,(H2,66,74)(H,67,78)(H,68,79)(H,69,80)(H,70,81)(H,71,76)(H,72,75)(H,73,77). The number of carbonyl (C=O) groups excluding carboxylic acids is 8. The summed E-state index contributed by atoms with van der Waals surface area (Å²) in [5.74, 6) is -4.48. The zero-order valence-corrected chi connectivity index (χ0v) is 49.2. The molecule has 4 aromatic rings. The van der Waals surface area contributed by atoms with Crippen molar-refractivity contribution in [2.24, 2.45) is 34.4 Å². The second kappa shape index (κ2) is 37.1. The van der Waals surface area contributed by atoms with Gasteiger partial charge in [-0.1, -0.05) is 51.4 Å². The highest BCUT2D eigenvalue weighted by Crippen LogP contribution is 2.28. The number of primary amides is 1. The highest BCUT2D eigenvalue weighted by molar-refractivity contribution is 6.07. The van der Waals surface area contributed by atoms with Gasteiger partial charge in [0.2, 0.25) is 23.6 Å². The topological polar surface area (TPSA) is 414 Å². The molecule has 0 bridgehead atoms. The molecule has 4 atom stereocenters. The Bertz CT molecular complexity index is 2870. The van der Waals surface area contributed by atoms with E-state index >= 15 is 0 Å². The van der Waals surface area contributed by atoms with Gasteiger partial charge in [0.25, 0.3) is 23.6 Å². The van der Waals surface area contributed by atoms with Gasteiger partial charge in [-0.2, -0.15) is 0 Å². The monoisotopic (exact) mass is 1180 g/mol. The predicted molar refractivity (Wildman–Crippen MR) is 327 cm³/mol. The van der Waals surface area contributed by atoms with Crippen LogP contribution in [0.1, 0.15) is 144 Å². The van der Waals surface area contributed by atoms with E-state index in [9.17, 15) is 38.4 Å². The number of ether oxygens (including phenoxy) is 4. The van der Waals surface area contributed by atoms with E-state index in [1.165, 1.54) is 95.2 Å². The molecule has 0 heterocycles. The minimum atomic E-state index is -1.15. The summed E-state index contributed by atoms with van der Waals surface area (Å²) in [6.45, 7) is 1.83. The van der Waals surface area contributed by atoms with Crippen molar-refractivity contribution >= 4 is 70.0 Å². The van der Waals surface area contributed by atoms with E-state index in [-0.39, 0.29) is 81.6 Å². The highest BCUT2D eigenvalue weighted by Gasteiger charge is 2.29. The highest BCUT2D eigenvalue weighted by atomic mass is 16.5. The summed E-state index contributed by atoms with van der Waals surface area (Å²) in [4.78, 5) is 110. The number of hydrogen-bond acceptors (Lipinski definition) is 17. The van der Waals surface area contributed by atoms with Crippen molar-refractivity contribution in [1.29, 1.82) is 0 Å². The molecule has 4 unspecified atom stereocenters. The molecule has 25 nitrogen and oxygen atoms in total. The summed E-state index contributed by atoms with van der Waals surface area (Å²) < 4.78 is 21.8. The van der Waals surface area contributed by atoms with Gasteiger partial charge in [-0.3, -0.25) is 38.4 Å². The fourth-order valence-electron chi connectivity index (χ4n) is 9.13. The van der Waals surface area contributed by atoms with Crippen molar-refractivity contribution in [2.45, 2.75) is 127 Å². The molecule has 0 fully saturated rings. The molecular formula is C60H87N13O12. The summed E-state index contributed by atoms with van der Waals surface area (Å²) in [6, 6.07) is 13.5. The van der Waals surface area contributed by atoms with Crippen LogP contribution >= 0.6 is 0 Å². The summed E-state index contributed by atoms with van der Waals surface area (Å²) >= 11 is 0. The van der Waals surface area contributed by atoms with E-state index in [0.717, 1.165) is 19.3 Å². The number of unbranched alkanes of at least 4 members (excludes halogenated alkanes) is 8. The third kappa shape index (κ3) is 22.3. The lowest BCUT2D eigenvalue weighted by Crippen LogP contribution is -2.44. The third-order valence-electron chi connectivity index (χ3n) is 13.9. The van der Waals surface area contributed by atoms with Crippen molar-refractivity contribution in [2.75, 3.05) is 75.9 Å². The number of amides is 8. The lowest BCUT2D eigenvalue weighted by Gasteiger charge is -2.22. The van der Waals surface area contributed by atoms with E-state index < -0.39 is 71.4 Å². The van der Waals surface area contributed by atoms with Gasteiger partial charge in [0, 0.05) is 22.7 Å². The largest absolute Gasteiger partial charge is 0.496 e. The van der Waals surface area contributed by atoms with Crippen LogP contribution in [0, 0.1) is 0 Å². The van der Waals surface area contributed by atoms with Crippen molar-refractivity contribution in [3.05, 3.63) is 95.1 Å². The minimum absolute atomic E-state index is 0.0223. The zero-order chi connectivity index (χ0) is 62.3. The molecule has 0 aliphatic carbocycles. The van der Waals surface area contributed by atoms with Crippen molar-refractivity contribution < 1.29 is 57.3 Å². The second-order valence-corrected chi connectivity index (χ2v) is 20.2. The van der Waals surface area contributed by atoms with E-state index in [2.05, 4.69) is 37.2 Å². The molecule has 25 heteroatoms. The smallest absolute Gasteiger partial charge is 0.255 e. The van der Waals surface area contributed by atoms with Crippen molar-refractivity contribution in [1.82, 2.24) is 16.0 Å². The van der Waals surface area contributed by atoms with E-state index in [0.29, 0.717) is 96.1 Å². The van der Waals surface area contributed by atoms with Crippen LogP contribution in [0.4, 0.5) is 22.7 Å². The maximum Gasteiger partial charge on any atom is 0.255 e. The molecule has 0 aliphatic heterocycles. The van der Waals surface area contributed by atoms with Crippen LogP contribution in [-0.4, -0.2) is 126 Å². The quantitative estimate of drug-likeness (QED) is 0.0276. The van der Waals surface area contributed by atoms with Gasteiger partial charge in [-0.15, -0.1) is 0 Å². The number of nitrogens with two attached hydrogens (primary N) is 6. The molecular weight excluding hydrogens is 1090 g/mol. The maximum absolute atomic E-state index is 14.4. The molecule has 4 aromatic carbocycles. The lowest BCUT2D eigenvalue weighted by atomic mass is 10.0. The normalized spacial score (nSPS) is 12.3. The van der Waals surface area contributed by atoms with Crippen LogP contribution in [0.15, 0.2) is 72.8 Å². The van der Waals surface area contributed by atoms with Crippen LogP contribution in [0.5, 0.6) is 23.0 Å². The van der Waals surface area contributed by atoms with Crippen LogP contribution < -0.4 is 90.6 Å². The molecule has 85 heavy (non-hydrogen) atoms. The SMILES string of the molecule is COc1ccc(NC(=O)C(CCCCCN)NC(=O)c2cc(NC(=O)C(CCCCCN)NC(=O)c3cc(NC(=O)C(CCCCCN)NC(=O)c4cc(NC(=O)C(N)CCCCCN)ccc4OC)ccc3OC)ccc2OC)cc1C(N)=O. The first kappa shape index (κ1) is 69.1. The molecule has 0 aliphatic rings. The Morgan fingerprint density at radius 2 is 0.624 bits per heavy atom. The first-order chi connectivity index (χ1) is 40.9. The molecule has 0 radical (unpaired) electrons. The van der Waals surface area contributed by atoms with Crippen LogP contribution in [0.2, 0.25) is 0 Å². The van der Waals surface area contributed by atoms with Crippen LogP contribution in [0.25, 0.3) is 0 Å². The molecule has 0 saturated carbocycles. The lowest BCUT2D eigenvalue weighted by molar-refractivity contribution is -0.118. The Morgan fingerprint density at radius 3 is 0.894 bits per heavy atom. The molecule has 4 rings (SSSR count). The maximum atomic E-state index is 14.4. The van der Waals surface area contributed by atoms with Gasteiger partial charge in [-0.05, 0) is 150 Å². The average molecular weight is 1180 g/mol. The van der Waals surface area contributed by atoms with Gasteiger partial charge in [-0.25, -0.2) is 0 Å². The number of carbonyl (C=O) groups is 8. The van der Waals surface area contributed by atoms with Crippen molar-refractivity contribution in [3.8, 4) is 23.0 Å². The van der Waals surface area contributed by atoms with E-state index in [4.69, 9.17) is 53.3 Å². The number of hydrogen-bond donors (Lipinski definition) is 13. The summed E-state index contributed by atoms with van der Waals surface area (Å²) in [5.41, 5.74) is 35.4. The fraction of sp³-hybridized carbons (Fsp3) is 0.467. The predicted octanol–water partition coefficient (Wildman–Crippen LogP) is 4.37. The van der Waals surface area contributed by atoms with Crippen LogP contribution in [0.3, 0.4) is 0 Å². The van der Waals surface area contributed by atoms with Crippen molar-refractivity contribution in [3.63, 3.8) is 0 Å². The van der Waals surface area contributed by atoms with Gasteiger partial charge in [0.05, 0.1) is 56.7 Å². The first-order valence-electron chi connectivity index (χ1n) is 28.7. The van der Waals surface area contributed by atoms with Crippen LogP contribution in [-0.2, 0) is 19.2 Å². The molecule has 8 amide bonds. The van der Waals surface area contributed by atoms with E-state index in [1.807, 2.05) is 0 Å². The number of anilines is 4. The fourth-order valence-corrected chi connectivity index (χ4v) is 9.13. The van der Waals surface area contributed by atoms with Gasteiger partial charge in [0.15, 0.2) is 0 Å². The molecule has 0 aromatic heterocycles. The number of nitrogens with one attached hydrogen (secondary N) is 7. The van der Waals surface area contributed by atoms with Gasteiger partial charge < -0.3 is 90.6 Å². The second-order valence-electron chi connectivity index (χ2n) is 20.2. The molecule has 19 N–H and O–H groups in total.